The van der Waals surface area contributed by atoms with Crippen molar-refractivity contribution in [1.29, 1.82) is 0 Å². The SMILES string of the molecule is C=C(C)C(C)CC.C=C1CCC2=C(C=C(CNC(=C)C(=NC=NCC)C(=C)C/C=C/NC/C=C/CC)CC=C2)N1.CC.CC(C)N. The molecule has 0 saturated heterocycles. The maximum Gasteiger partial charge on any atom is 0.110 e. The summed E-state index contributed by atoms with van der Waals surface area (Å²) in [5.74, 6) is 0.708. The second-order valence-corrected chi connectivity index (χ2v) is 11.4. The molecule has 1 aliphatic carbocycles. The number of hydrogen-bond donors (Lipinski definition) is 4. The van der Waals surface area contributed by atoms with Crippen LogP contribution in [0.15, 0.2) is 118 Å². The first-order valence-electron chi connectivity index (χ1n) is 17.1. The maximum atomic E-state index is 5.11. The highest BCUT2D eigenvalue weighted by molar-refractivity contribution is 6.13. The van der Waals surface area contributed by atoms with Gasteiger partial charge in [-0.2, -0.15) is 0 Å². The van der Waals surface area contributed by atoms with Crippen molar-refractivity contribution in [2.24, 2.45) is 21.6 Å². The Hall–Kier alpha value is -3.64. The van der Waals surface area contributed by atoms with E-state index in [-0.39, 0.29) is 0 Å². The maximum absolute atomic E-state index is 5.11. The first-order chi connectivity index (χ1) is 22.0. The summed E-state index contributed by atoms with van der Waals surface area (Å²) >= 11 is 0. The molecule has 0 amide bonds. The summed E-state index contributed by atoms with van der Waals surface area (Å²) in [5.41, 5.74) is 13.6. The number of nitrogens with zero attached hydrogens (tertiary/aromatic N) is 2. The van der Waals surface area contributed by atoms with E-state index in [0.29, 0.717) is 31.5 Å². The Bertz CT molecular complexity index is 1120. The van der Waals surface area contributed by atoms with Crippen LogP contribution in [0.2, 0.25) is 0 Å². The summed E-state index contributed by atoms with van der Waals surface area (Å²) in [4.78, 5) is 8.77. The fourth-order valence-corrected chi connectivity index (χ4v) is 3.78. The van der Waals surface area contributed by atoms with Gasteiger partial charge in [-0.25, -0.2) is 4.99 Å². The second kappa shape index (κ2) is 28.8. The summed E-state index contributed by atoms with van der Waals surface area (Å²) in [6.45, 7) is 37.0. The van der Waals surface area contributed by atoms with Crippen molar-refractivity contribution in [3.8, 4) is 0 Å². The third kappa shape index (κ3) is 22.8. The van der Waals surface area contributed by atoms with E-state index in [0.717, 1.165) is 60.6 Å². The molecule has 0 aromatic heterocycles. The number of nitrogens with one attached hydrogen (secondary N) is 3. The van der Waals surface area contributed by atoms with Crippen LogP contribution in [0.3, 0.4) is 0 Å². The minimum Gasteiger partial charge on any atom is -0.388 e. The second-order valence-electron chi connectivity index (χ2n) is 11.4. The average molecular weight is 633 g/mol. The number of nitrogens with two attached hydrogens (primary N) is 1. The lowest BCUT2D eigenvalue weighted by Crippen LogP contribution is -2.24. The zero-order valence-corrected chi connectivity index (χ0v) is 30.9. The predicted octanol–water partition coefficient (Wildman–Crippen LogP) is 9.62. The molecule has 1 atom stereocenters. The first-order valence-corrected chi connectivity index (χ1v) is 17.1. The number of hydrogen-bond acceptors (Lipinski definition) is 5. The molecule has 1 heterocycles. The Morgan fingerprint density at radius 1 is 1.07 bits per heavy atom. The molecule has 2 rings (SSSR count). The van der Waals surface area contributed by atoms with Crippen LogP contribution in [0.5, 0.6) is 0 Å². The summed E-state index contributed by atoms with van der Waals surface area (Å²) in [7, 11) is 0. The molecule has 5 N–H and O–H groups in total. The smallest absolute Gasteiger partial charge is 0.110 e. The van der Waals surface area contributed by atoms with Gasteiger partial charge in [-0.1, -0.05) is 111 Å². The summed E-state index contributed by atoms with van der Waals surface area (Å²) in [6.07, 6.45) is 22.4. The monoisotopic (exact) mass is 633 g/mol. The Labute approximate surface area is 284 Å². The zero-order chi connectivity index (χ0) is 35.3. The summed E-state index contributed by atoms with van der Waals surface area (Å²) in [6, 6.07) is 0.333. The number of rotatable bonds is 15. The van der Waals surface area contributed by atoms with Crippen LogP contribution in [-0.4, -0.2) is 37.7 Å². The first kappa shape index (κ1) is 44.5. The Balaban J connectivity index is 0. The lowest BCUT2D eigenvalue weighted by atomic mass is 10.0. The van der Waals surface area contributed by atoms with Crippen molar-refractivity contribution in [1.82, 2.24) is 16.0 Å². The molecule has 0 radical (unpaired) electrons. The number of aliphatic imine (C=N–C) groups is 2. The van der Waals surface area contributed by atoms with E-state index >= 15 is 0 Å². The number of allylic oxidation sites excluding steroid dienone is 9. The molecular formula is C40H68N6. The molecule has 6 heteroatoms. The van der Waals surface area contributed by atoms with Crippen LogP contribution in [0.1, 0.15) is 101 Å². The topological polar surface area (TPSA) is 86.8 Å². The van der Waals surface area contributed by atoms with Gasteiger partial charge in [-0.15, -0.1) is 0 Å². The van der Waals surface area contributed by atoms with Crippen LogP contribution in [0.4, 0.5) is 0 Å². The van der Waals surface area contributed by atoms with Crippen molar-refractivity contribution in [3.05, 3.63) is 108 Å². The van der Waals surface area contributed by atoms with Crippen LogP contribution in [-0.2, 0) is 0 Å². The van der Waals surface area contributed by atoms with Crippen molar-refractivity contribution in [2.75, 3.05) is 19.6 Å². The van der Waals surface area contributed by atoms with E-state index in [4.69, 9.17) is 5.73 Å². The van der Waals surface area contributed by atoms with Crippen molar-refractivity contribution >= 4 is 12.1 Å². The van der Waals surface area contributed by atoms with Gasteiger partial charge in [-0.05, 0) is 93.3 Å². The standard InChI is InChI=1S/C28H39N5.C7H14.C3H9N.C2H6/c1-6-8-9-17-30-18-11-12-22(3)28(32-21-29-7-2)24(5)31-20-25-13-10-14-26-16-15-23(4)33-27(26)19-25;1-5-7(4)6(2)3;1-3(2)4;1-2/h8-11,14,18-19,21,30-31,33H,3-7,12-13,15-17,20H2,1-2H3;7H,2,5H2,1,3-4H3;3H,4H2,1-2H3;1-2H3/b9-8+,18-11+,29-21?,32-28?;;;. The third-order valence-electron chi connectivity index (χ3n) is 6.69. The minimum atomic E-state index is 0.333. The normalized spacial score (nSPS) is 15.0. The van der Waals surface area contributed by atoms with Gasteiger partial charge < -0.3 is 21.7 Å². The van der Waals surface area contributed by atoms with E-state index in [1.807, 2.05) is 40.8 Å². The highest BCUT2D eigenvalue weighted by atomic mass is 14.9. The zero-order valence-electron chi connectivity index (χ0n) is 30.9. The van der Waals surface area contributed by atoms with E-state index < -0.39 is 0 Å². The largest absolute Gasteiger partial charge is 0.388 e. The van der Waals surface area contributed by atoms with Crippen LogP contribution in [0.25, 0.3) is 0 Å². The van der Waals surface area contributed by atoms with Gasteiger partial charge in [0.2, 0.25) is 0 Å². The Kier molecular flexibility index (Phi) is 27.9. The molecule has 0 saturated carbocycles. The molecule has 0 bridgehead atoms. The van der Waals surface area contributed by atoms with Gasteiger partial charge >= 0.3 is 0 Å². The van der Waals surface area contributed by atoms with Crippen LogP contribution >= 0.6 is 0 Å². The molecule has 0 spiro atoms. The van der Waals surface area contributed by atoms with Crippen LogP contribution in [0, 0.1) is 5.92 Å². The molecule has 0 aromatic rings. The molecule has 0 fully saturated rings. The van der Waals surface area contributed by atoms with E-state index in [9.17, 15) is 0 Å². The fraction of sp³-hybridized carbons (Fsp3) is 0.500. The van der Waals surface area contributed by atoms with E-state index in [1.54, 1.807) is 6.34 Å². The molecule has 1 aliphatic heterocycles. The highest BCUT2D eigenvalue weighted by Gasteiger charge is 2.14. The predicted molar refractivity (Wildman–Crippen MR) is 209 cm³/mol. The lowest BCUT2D eigenvalue weighted by molar-refractivity contribution is 0.658. The molecular weight excluding hydrogens is 564 g/mol. The van der Waals surface area contributed by atoms with Gasteiger partial charge in [-0.3, -0.25) is 4.99 Å². The van der Waals surface area contributed by atoms with Gasteiger partial charge in [0, 0.05) is 31.0 Å². The fourth-order valence-electron chi connectivity index (χ4n) is 3.78. The molecule has 258 valence electrons. The molecule has 0 aromatic carbocycles. The molecule has 1 unspecified atom stereocenters. The van der Waals surface area contributed by atoms with Gasteiger partial charge in [0.05, 0.1) is 11.4 Å². The van der Waals surface area contributed by atoms with Crippen molar-refractivity contribution in [3.63, 3.8) is 0 Å². The summed E-state index contributed by atoms with van der Waals surface area (Å²) in [5, 5.41) is 10.1. The van der Waals surface area contributed by atoms with Crippen molar-refractivity contribution in [2.45, 2.75) is 107 Å². The third-order valence-corrected chi connectivity index (χ3v) is 6.69. The molecule has 2 aliphatic rings. The summed E-state index contributed by atoms with van der Waals surface area (Å²) < 4.78 is 0. The Morgan fingerprint density at radius 3 is 2.30 bits per heavy atom. The average Bonchev–Trinajstić information content (AvgIpc) is 3.23. The van der Waals surface area contributed by atoms with E-state index in [1.165, 1.54) is 23.1 Å². The van der Waals surface area contributed by atoms with Gasteiger partial charge in [0.1, 0.15) is 6.34 Å². The van der Waals surface area contributed by atoms with Gasteiger partial charge in [0.25, 0.3) is 0 Å². The Morgan fingerprint density at radius 2 is 1.74 bits per heavy atom. The van der Waals surface area contributed by atoms with E-state index in [2.05, 4.69) is 116 Å². The lowest BCUT2D eigenvalue weighted by Gasteiger charge is -2.20. The quantitative estimate of drug-likeness (QED) is 0.0627. The molecule has 6 nitrogen and oxygen atoms in total. The van der Waals surface area contributed by atoms with Gasteiger partial charge in [0.15, 0.2) is 0 Å². The minimum absolute atomic E-state index is 0.333. The van der Waals surface area contributed by atoms with Crippen molar-refractivity contribution < 1.29 is 0 Å². The molecule has 46 heavy (non-hydrogen) atoms. The highest BCUT2D eigenvalue weighted by Crippen LogP contribution is 2.25. The van der Waals surface area contributed by atoms with Crippen LogP contribution < -0.4 is 21.7 Å².